The van der Waals surface area contributed by atoms with Crippen molar-refractivity contribution >= 4 is 15.9 Å². The number of hydrogen-bond acceptors (Lipinski definition) is 4. The van der Waals surface area contributed by atoms with E-state index in [9.17, 15) is 13.2 Å². The second kappa shape index (κ2) is 9.07. The van der Waals surface area contributed by atoms with Crippen LogP contribution in [0.25, 0.3) is 0 Å². The third-order valence-corrected chi connectivity index (χ3v) is 7.15. The second-order valence-corrected chi connectivity index (χ2v) is 9.28. The molecule has 0 spiro atoms. The number of amides is 1. The first-order valence-electron chi connectivity index (χ1n) is 9.89. The van der Waals surface area contributed by atoms with Crippen molar-refractivity contribution in [1.29, 1.82) is 0 Å². The first-order valence-corrected chi connectivity index (χ1v) is 11.3. The quantitative estimate of drug-likeness (QED) is 0.785. The van der Waals surface area contributed by atoms with E-state index in [1.165, 1.54) is 10.4 Å². The first kappa shape index (κ1) is 21.5. The Morgan fingerprint density at radius 2 is 1.76 bits per heavy atom. The number of carbonyl (C=O) groups excluding carboxylic acids is 1. The molecule has 0 aromatic heterocycles. The van der Waals surface area contributed by atoms with Crippen molar-refractivity contribution in [2.75, 3.05) is 26.3 Å². The standard InChI is InChI=1S/C22H28N2O4S/c1-4-21(18-8-5-16(2)6-9-18)23-22(25)20-15-19(10-7-17(20)3)29(26,27)24-11-13-28-14-12-24/h5-10,15,21H,4,11-14H2,1-3H3,(H,23,25)/t21-/m0/s1. The minimum absolute atomic E-state index is 0.137. The van der Waals surface area contributed by atoms with Gasteiger partial charge in [-0.05, 0) is 43.5 Å². The molecule has 0 saturated carbocycles. The van der Waals surface area contributed by atoms with Crippen molar-refractivity contribution in [2.24, 2.45) is 0 Å². The third-order valence-electron chi connectivity index (χ3n) is 5.25. The molecule has 0 aliphatic carbocycles. The van der Waals surface area contributed by atoms with Crippen LogP contribution in [0.3, 0.4) is 0 Å². The topological polar surface area (TPSA) is 75.7 Å². The van der Waals surface area contributed by atoms with Crippen LogP contribution in [0.15, 0.2) is 47.4 Å². The maximum Gasteiger partial charge on any atom is 0.252 e. The zero-order valence-electron chi connectivity index (χ0n) is 17.1. The lowest BCUT2D eigenvalue weighted by Gasteiger charge is -2.26. The molecule has 1 aliphatic heterocycles. The molecule has 1 aliphatic rings. The van der Waals surface area contributed by atoms with Crippen LogP contribution in [0.4, 0.5) is 0 Å². The fourth-order valence-electron chi connectivity index (χ4n) is 3.40. The molecule has 0 radical (unpaired) electrons. The molecular formula is C22H28N2O4S. The number of carbonyl (C=O) groups is 1. The Balaban J connectivity index is 1.85. The molecule has 1 saturated heterocycles. The van der Waals surface area contributed by atoms with Crippen LogP contribution in [0.2, 0.25) is 0 Å². The van der Waals surface area contributed by atoms with Crippen molar-refractivity contribution in [2.45, 2.75) is 38.1 Å². The van der Waals surface area contributed by atoms with Gasteiger partial charge in [0.1, 0.15) is 0 Å². The fourth-order valence-corrected chi connectivity index (χ4v) is 4.83. The molecule has 1 atom stereocenters. The van der Waals surface area contributed by atoms with Gasteiger partial charge in [0.25, 0.3) is 5.91 Å². The van der Waals surface area contributed by atoms with Crippen molar-refractivity contribution in [3.63, 3.8) is 0 Å². The maximum atomic E-state index is 13.0. The Hall–Kier alpha value is -2.22. The Labute approximate surface area is 172 Å². The van der Waals surface area contributed by atoms with Crippen LogP contribution in [-0.4, -0.2) is 44.9 Å². The summed E-state index contributed by atoms with van der Waals surface area (Å²) in [4.78, 5) is 13.1. The Morgan fingerprint density at radius 1 is 1.10 bits per heavy atom. The van der Waals surface area contributed by atoms with E-state index in [4.69, 9.17) is 4.74 Å². The average Bonchev–Trinajstić information content (AvgIpc) is 2.73. The van der Waals surface area contributed by atoms with Gasteiger partial charge in [0.2, 0.25) is 10.0 Å². The number of aryl methyl sites for hydroxylation is 2. The summed E-state index contributed by atoms with van der Waals surface area (Å²) in [5, 5.41) is 3.05. The predicted octanol–water partition coefficient (Wildman–Crippen LogP) is 3.21. The average molecular weight is 417 g/mol. The van der Waals surface area contributed by atoms with Crippen LogP contribution in [0.5, 0.6) is 0 Å². The molecule has 0 bridgehead atoms. The van der Waals surface area contributed by atoms with Gasteiger partial charge in [0, 0.05) is 18.7 Å². The van der Waals surface area contributed by atoms with Crippen molar-refractivity contribution < 1.29 is 17.9 Å². The minimum atomic E-state index is -3.65. The van der Waals surface area contributed by atoms with Crippen LogP contribution in [0, 0.1) is 13.8 Å². The van der Waals surface area contributed by atoms with Gasteiger partial charge in [-0.25, -0.2) is 8.42 Å². The molecule has 0 unspecified atom stereocenters. The monoisotopic (exact) mass is 416 g/mol. The summed E-state index contributed by atoms with van der Waals surface area (Å²) in [5.41, 5.74) is 3.31. The maximum absolute atomic E-state index is 13.0. The summed E-state index contributed by atoms with van der Waals surface area (Å²) in [5.74, 6) is -0.269. The fraction of sp³-hybridized carbons (Fsp3) is 0.409. The molecule has 29 heavy (non-hydrogen) atoms. The SMILES string of the molecule is CC[C@H](NC(=O)c1cc(S(=O)(=O)N2CCOCC2)ccc1C)c1ccc(C)cc1. The van der Waals surface area contributed by atoms with E-state index in [1.807, 2.05) is 45.0 Å². The molecule has 3 rings (SSSR count). The molecule has 6 nitrogen and oxygen atoms in total. The predicted molar refractivity (Wildman–Crippen MR) is 112 cm³/mol. The summed E-state index contributed by atoms with van der Waals surface area (Å²) in [6.45, 7) is 7.25. The Bertz CT molecular complexity index is 965. The van der Waals surface area contributed by atoms with E-state index >= 15 is 0 Å². The number of ether oxygens (including phenoxy) is 1. The highest BCUT2D eigenvalue weighted by molar-refractivity contribution is 7.89. The van der Waals surface area contributed by atoms with Crippen molar-refractivity contribution in [3.8, 4) is 0 Å². The molecule has 1 amide bonds. The molecule has 2 aromatic rings. The lowest BCUT2D eigenvalue weighted by Crippen LogP contribution is -2.40. The van der Waals surface area contributed by atoms with E-state index in [-0.39, 0.29) is 16.8 Å². The van der Waals surface area contributed by atoms with E-state index in [0.717, 1.165) is 23.1 Å². The van der Waals surface area contributed by atoms with Gasteiger partial charge < -0.3 is 10.1 Å². The number of sulfonamides is 1. The largest absolute Gasteiger partial charge is 0.379 e. The van der Waals surface area contributed by atoms with Crippen LogP contribution in [-0.2, 0) is 14.8 Å². The van der Waals surface area contributed by atoms with Crippen molar-refractivity contribution in [3.05, 3.63) is 64.7 Å². The normalized spacial score (nSPS) is 16.4. The van der Waals surface area contributed by atoms with Gasteiger partial charge >= 0.3 is 0 Å². The van der Waals surface area contributed by atoms with Crippen LogP contribution < -0.4 is 5.32 Å². The molecule has 1 heterocycles. The molecule has 156 valence electrons. The Morgan fingerprint density at radius 3 is 2.38 bits per heavy atom. The molecule has 2 aromatic carbocycles. The van der Waals surface area contributed by atoms with Crippen LogP contribution >= 0.6 is 0 Å². The minimum Gasteiger partial charge on any atom is -0.379 e. The molecular weight excluding hydrogens is 388 g/mol. The van der Waals surface area contributed by atoms with E-state index in [1.54, 1.807) is 12.1 Å². The van der Waals surface area contributed by atoms with Gasteiger partial charge in [-0.2, -0.15) is 4.31 Å². The number of morpholine rings is 1. The molecule has 1 fully saturated rings. The van der Waals surface area contributed by atoms with Crippen LogP contribution in [0.1, 0.15) is 46.4 Å². The van der Waals surface area contributed by atoms with Gasteiger partial charge in [0.05, 0.1) is 24.2 Å². The third kappa shape index (κ3) is 4.86. The number of nitrogens with zero attached hydrogens (tertiary/aromatic N) is 1. The second-order valence-electron chi connectivity index (χ2n) is 7.34. The highest BCUT2D eigenvalue weighted by Gasteiger charge is 2.27. The number of hydrogen-bond donors (Lipinski definition) is 1. The summed E-state index contributed by atoms with van der Waals surface area (Å²) in [6, 6.07) is 12.7. The summed E-state index contributed by atoms with van der Waals surface area (Å²) in [6.07, 6.45) is 0.736. The van der Waals surface area contributed by atoms with Gasteiger partial charge in [0.15, 0.2) is 0 Å². The highest BCUT2D eigenvalue weighted by atomic mass is 32.2. The lowest BCUT2D eigenvalue weighted by atomic mass is 10.0. The van der Waals surface area contributed by atoms with E-state index < -0.39 is 10.0 Å². The van der Waals surface area contributed by atoms with Gasteiger partial charge in [-0.15, -0.1) is 0 Å². The highest BCUT2D eigenvalue weighted by Crippen LogP contribution is 2.22. The molecule has 7 heteroatoms. The Kier molecular flexibility index (Phi) is 6.72. The first-order chi connectivity index (χ1) is 13.8. The molecule has 1 N–H and O–H groups in total. The lowest BCUT2D eigenvalue weighted by molar-refractivity contribution is 0.0730. The van der Waals surface area contributed by atoms with E-state index in [0.29, 0.717) is 31.9 Å². The zero-order valence-corrected chi connectivity index (χ0v) is 18.0. The number of benzene rings is 2. The van der Waals surface area contributed by atoms with E-state index in [2.05, 4.69) is 5.32 Å². The number of nitrogens with one attached hydrogen (secondary N) is 1. The van der Waals surface area contributed by atoms with Gasteiger partial charge in [-0.1, -0.05) is 42.8 Å². The summed E-state index contributed by atoms with van der Waals surface area (Å²) < 4.78 is 32.5. The summed E-state index contributed by atoms with van der Waals surface area (Å²) in [7, 11) is -3.65. The smallest absolute Gasteiger partial charge is 0.252 e. The zero-order chi connectivity index (χ0) is 21.0. The van der Waals surface area contributed by atoms with Gasteiger partial charge in [-0.3, -0.25) is 4.79 Å². The summed E-state index contributed by atoms with van der Waals surface area (Å²) >= 11 is 0. The number of rotatable bonds is 6. The van der Waals surface area contributed by atoms with Crippen molar-refractivity contribution in [1.82, 2.24) is 9.62 Å².